The van der Waals surface area contributed by atoms with Crippen molar-refractivity contribution >= 4 is 28.9 Å². The molecule has 1 amide bonds. The lowest BCUT2D eigenvalue weighted by Crippen LogP contribution is -2.37. The molecular weight excluding hydrogens is 357 g/mol. The van der Waals surface area contributed by atoms with Crippen LogP contribution in [0.25, 0.3) is 0 Å². The van der Waals surface area contributed by atoms with E-state index in [-0.39, 0.29) is 24.8 Å². The van der Waals surface area contributed by atoms with E-state index < -0.39 is 0 Å². The monoisotopic (exact) mass is 377 g/mol. The molecule has 0 unspecified atom stereocenters. The number of halogens is 2. The lowest BCUT2D eigenvalue weighted by atomic mass is 10.2. The summed E-state index contributed by atoms with van der Waals surface area (Å²) in [6.45, 7) is 3.02. The molecule has 1 aliphatic rings. The zero-order valence-corrected chi connectivity index (χ0v) is 15.1. The first-order valence-corrected chi connectivity index (χ1v) is 8.88. The van der Waals surface area contributed by atoms with Crippen molar-refractivity contribution in [2.75, 3.05) is 43.1 Å². The topological polar surface area (TPSA) is 53.6 Å². The molecule has 0 bridgehead atoms. The van der Waals surface area contributed by atoms with E-state index in [9.17, 15) is 9.18 Å². The molecule has 2 aromatic rings. The minimum atomic E-state index is -0.329. The number of carbonyl (C=O) groups is 1. The third kappa shape index (κ3) is 4.65. The van der Waals surface area contributed by atoms with Crippen LogP contribution in [0.4, 0.5) is 15.8 Å². The van der Waals surface area contributed by atoms with Crippen LogP contribution in [0.2, 0.25) is 5.02 Å². The molecule has 1 saturated heterocycles. The number of nitrogens with zero attached hydrogens (tertiary/aromatic N) is 1. The van der Waals surface area contributed by atoms with Gasteiger partial charge < -0.3 is 20.3 Å². The number of rotatable bonds is 6. The van der Waals surface area contributed by atoms with Gasteiger partial charge in [0.05, 0.1) is 36.2 Å². The van der Waals surface area contributed by atoms with Crippen molar-refractivity contribution in [2.45, 2.75) is 6.54 Å². The van der Waals surface area contributed by atoms with Crippen molar-refractivity contribution in [3.8, 4) is 0 Å². The number of benzene rings is 2. The summed E-state index contributed by atoms with van der Waals surface area (Å²) in [7, 11) is 0. The maximum atomic E-state index is 13.6. The predicted molar refractivity (Wildman–Crippen MR) is 101 cm³/mol. The molecule has 0 aromatic heterocycles. The quantitative estimate of drug-likeness (QED) is 0.812. The van der Waals surface area contributed by atoms with Crippen LogP contribution in [0.3, 0.4) is 0 Å². The van der Waals surface area contributed by atoms with Crippen LogP contribution >= 0.6 is 11.6 Å². The van der Waals surface area contributed by atoms with E-state index in [0.29, 0.717) is 23.8 Å². The molecule has 138 valence electrons. The molecule has 1 heterocycles. The standard InChI is InChI=1S/C19H21ClFN3O2/c20-15-5-3-7-17(19(15)24-8-10-26-11-9-24)22-13-18(25)23-12-14-4-1-2-6-16(14)21/h1-7,22H,8-13H2,(H,23,25). The molecular formula is C19H21ClFN3O2. The molecule has 1 fully saturated rings. The lowest BCUT2D eigenvalue weighted by Gasteiger charge is -2.31. The Kier molecular flexibility index (Phi) is 6.30. The smallest absolute Gasteiger partial charge is 0.239 e. The van der Waals surface area contributed by atoms with Crippen LogP contribution in [-0.4, -0.2) is 38.8 Å². The van der Waals surface area contributed by atoms with E-state index in [1.165, 1.54) is 6.07 Å². The van der Waals surface area contributed by atoms with Gasteiger partial charge in [0.25, 0.3) is 0 Å². The molecule has 3 rings (SSSR count). The first kappa shape index (κ1) is 18.5. The van der Waals surface area contributed by atoms with Gasteiger partial charge >= 0.3 is 0 Å². The Morgan fingerprint density at radius 2 is 1.92 bits per heavy atom. The van der Waals surface area contributed by atoms with Gasteiger partial charge in [-0.15, -0.1) is 0 Å². The normalized spacial score (nSPS) is 14.2. The second kappa shape index (κ2) is 8.87. The SMILES string of the molecule is O=C(CNc1cccc(Cl)c1N1CCOCC1)NCc1ccccc1F. The number of morpholine rings is 1. The van der Waals surface area contributed by atoms with Crippen molar-refractivity contribution in [3.05, 3.63) is 58.9 Å². The highest BCUT2D eigenvalue weighted by Gasteiger charge is 2.18. The summed E-state index contributed by atoms with van der Waals surface area (Å²) in [6, 6.07) is 11.9. The highest BCUT2D eigenvalue weighted by molar-refractivity contribution is 6.34. The first-order valence-electron chi connectivity index (χ1n) is 8.50. The van der Waals surface area contributed by atoms with Gasteiger partial charge in [-0.3, -0.25) is 4.79 Å². The summed E-state index contributed by atoms with van der Waals surface area (Å²) in [6.07, 6.45) is 0. The van der Waals surface area contributed by atoms with E-state index in [1.807, 2.05) is 18.2 Å². The van der Waals surface area contributed by atoms with Crippen molar-refractivity contribution in [1.29, 1.82) is 0 Å². The predicted octanol–water partition coefficient (Wildman–Crippen LogP) is 3.04. The fourth-order valence-electron chi connectivity index (χ4n) is 2.84. The minimum absolute atomic E-state index is 0.0755. The van der Waals surface area contributed by atoms with Crippen LogP contribution in [-0.2, 0) is 16.1 Å². The molecule has 7 heteroatoms. The highest BCUT2D eigenvalue weighted by Crippen LogP contribution is 2.34. The molecule has 0 aliphatic carbocycles. The number of hydrogen-bond acceptors (Lipinski definition) is 4. The Morgan fingerprint density at radius 3 is 2.69 bits per heavy atom. The van der Waals surface area contributed by atoms with E-state index in [0.717, 1.165) is 24.5 Å². The fraction of sp³-hybridized carbons (Fsp3) is 0.316. The third-order valence-electron chi connectivity index (χ3n) is 4.19. The summed E-state index contributed by atoms with van der Waals surface area (Å²) in [5.41, 5.74) is 2.12. The van der Waals surface area contributed by atoms with Gasteiger partial charge in [0.2, 0.25) is 5.91 Å². The summed E-state index contributed by atoms with van der Waals surface area (Å²) < 4.78 is 19.0. The van der Waals surface area contributed by atoms with E-state index in [2.05, 4.69) is 15.5 Å². The van der Waals surface area contributed by atoms with Gasteiger partial charge in [-0.05, 0) is 18.2 Å². The van der Waals surface area contributed by atoms with Gasteiger partial charge in [0, 0.05) is 25.2 Å². The summed E-state index contributed by atoms with van der Waals surface area (Å²) in [4.78, 5) is 14.3. The van der Waals surface area contributed by atoms with E-state index in [4.69, 9.17) is 16.3 Å². The number of hydrogen-bond donors (Lipinski definition) is 2. The van der Waals surface area contributed by atoms with Gasteiger partial charge in [-0.1, -0.05) is 35.9 Å². The Hall–Kier alpha value is -2.31. The first-order chi connectivity index (χ1) is 12.6. The molecule has 26 heavy (non-hydrogen) atoms. The zero-order chi connectivity index (χ0) is 18.4. The molecule has 0 saturated carbocycles. The zero-order valence-electron chi connectivity index (χ0n) is 14.3. The number of nitrogens with one attached hydrogen (secondary N) is 2. The molecule has 5 nitrogen and oxygen atoms in total. The Morgan fingerprint density at radius 1 is 1.15 bits per heavy atom. The van der Waals surface area contributed by atoms with Gasteiger partial charge in [-0.2, -0.15) is 0 Å². The average Bonchev–Trinajstić information content (AvgIpc) is 2.66. The minimum Gasteiger partial charge on any atom is -0.378 e. The molecule has 2 aromatic carbocycles. The second-order valence-electron chi connectivity index (χ2n) is 5.96. The number of ether oxygens (including phenoxy) is 1. The van der Waals surface area contributed by atoms with E-state index >= 15 is 0 Å². The molecule has 0 radical (unpaired) electrons. The molecule has 0 atom stereocenters. The number of carbonyl (C=O) groups excluding carboxylic acids is 1. The van der Waals surface area contributed by atoms with Gasteiger partial charge in [0.1, 0.15) is 5.82 Å². The van der Waals surface area contributed by atoms with Crippen LogP contribution in [0, 0.1) is 5.82 Å². The largest absolute Gasteiger partial charge is 0.378 e. The van der Waals surface area contributed by atoms with Crippen molar-refractivity contribution in [2.24, 2.45) is 0 Å². The van der Waals surface area contributed by atoms with Gasteiger partial charge in [-0.25, -0.2) is 4.39 Å². The highest BCUT2D eigenvalue weighted by atomic mass is 35.5. The van der Waals surface area contributed by atoms with E-state index in [1.54, 1.807) is 18.2 Å². The van der Waals surface area contributed by atoms with Crippen molar-refractivity contribution < 1.29 is 13.9 Å². The maximum absolute atomic E-state index is 13.6. The molecule has 2 N–H and O–H groups in total. The third-order valence-corrected chi connectivity index (χ3v) is 4.49. The molecule has 0 spiro atoms. The van der Waals surface area contributed by atoms with Gasteiger partial charge in [0.15, 0.2) is 0 Å². The summed E-state index contributed by atoms with van der Waals surface area (Å²) in [5.74, 6) is -0.550. The second-order valence-corrected chi connectivity index (χ2v) is 6.36. The Balaban J connectivity index is 1.59. The lowest BCUT2D eigenvalue weighted by molar-refractivity contribution is -0.119. The summed E-state index contributed by atoms with van der Waals surface area (Å²) >= 11 is 6.37. The maximum Gasteiger partial charge on any atom is 0.239 e. The van der Waals surface area contributed by atoms with Crippen molar-refractivity contribution in [1.82, 2.24) is 5.32 Å². The van der Waals surface area contributed by atoms with Crippen LogP contribution in [0.5, 0.6) is 0 Å². The number of anilines is 2. The Bertz CT molecular complexity index is 766. The van der Waals surface area contributed by atoms with Crippen LogP contribution in [0.15, 0.2) is 42.5 Å². The number of amides is 1. The van der Waals surface area contributed by atoms with Crippen molar-refractivity contribution in [3.63, 3.8) is 0 Å². The summed E-state index contributed by atoms with van der Waals surface area (Å²) in [5, 5.41) is 6.47. The fourth-order valence-corrected chi connectivity index (χ4v) is 3.13. The molecule has 1 aliphatic heterocycles. The Labute approximate surface area is 157 Å². The van der Waals surface area contributed by atoms with Crippen LogP contribution in [0.1, 0.15) is 5.56 Å². The number of para-hydroxylation sites is 1. The average molecular weight is 378 g/mol. The van der Waals surface area contributed by atoms with Crippen LogP contribution < -0.4 is 15.5 Å².